The van der Waals surface area contributed by atoms with Gasteiger partial charge in [0.2, 0.25) is 0 Å². The monoisotopic (exact) mass is 330 g/mol. The number of benzene rings is 2. The van der Waals surface area contributed by atoms with Crippen LogP contribution in [0.3, 0.4) is 0 Å². The van der Waals surface area contributed by atoms with Crippen LogP contribution >= 0.6 is 15.9 Å². The molecule has 100 valence electrons. The zero-order chi connectivity index (χ0) is 14.1. The lowest BCUT2D eigenvalue weighted by atomic mass is 10.2. The molecule has 1 heterocycles. The van der Waals surface area contributed by atoms with Crippen LogP contribution in [0.15, 0.2) is 59.6 Å². The molecule has 0 saturated carbocycles. The van der Waals surface area contributed by atoms with Crippen molar-refractivity contribution in [1.82, 2.24) is 9.55 Å². The normalized spacial score (nSPS) is 10.9. The summed E-state index contributed by atoms with van der Waals surface area (Å²) in [6.07, 6.45) is 1.81. The second kappa shape index (κ2) is 5.21. The molecule has 0 spiro atoms. The summed E-state index contributed by atoms with van der Waals surface area (Å²) in [4.78, 5) is 4.62. The Kier molecular flexibility index (Phi) is 3.40. The van der Waals surface area contributed by atoms with Crippen LogP contribution in [0.1, 0.15) is 0 Å². The summed E-state index contributed by atoms with van der Waals surface area (Å²) >= 11 is 3.46. The van der Waals surface area contributed by atoms with Crippen LogP contribution in [0.2, 0.25) is 0 Å². The maximum absolute atomic E-state index is 13.5. The van der Waals surface area contributed by atoms with Gasteiger partial charge in [-0.15, -0.1) is 6.58 Å². The molecule has 0 N–H and O–H groups in total. The van der Waals surface area contributed by atoms with Crippen LogP contribution in [0, 0.1) is 5.82 Å². The molecule has 0 saturated heterocycles. The number of halogens is 2. The number of hydrogen-bond acceptors (Lipinski definition) is 1. The molecule has 1 aromatic heterocycles. The molecule has 2 aromatic carbocycles. The van der Waals surface area contributed by atoms with E-state index in [1.54, 1.807) is 6.07 Å². The molecule has 0 bridgehead atoms. The summed E-state index contributed by atoms with van der Waals surface area (Å²) in [6.45, 7) is 4.41. The van der Waals surface area contributed by atoms with E-state index in [-0.39, 0.29) is 5.82 Å². The minimum Gasteiger partial charge on any atom is -0.320 e. The maximum Gasteiger partial charge on any atom is 0.142 e. The number of imidazole rings is 1. The van der Waals surface area contributed by atoms with Crippen molar-refractivity contribution in [3.63, 3.8) is 0 Å². The Labute approximate surface area is 124 Å². The number of fused-ring (bicyclic) bond motifs is 1. The highest BCUT2D eigenvalue weighted by molar-refractivity contribution is 9.10. The summed E-state index contributed by atoms with van der Waals surface area (Å²) in [5.74, 6) is 0.456. The summed E-state index contributed by atoms with van der Waals surface area (Å²) in [5.41, 5.74) is 2.64. The number of rotatable bonds is 3. The summed E-state index contributed by atoms with van der Waals surface area (Å²) in [7, 11) is 0. The van der Waals surface area contributed by atoms with E-state index in [1.807, 2.05) is 34.9 Å². The van der Waals surface area contributed by atoms with Gasteiger partial charge in [-0.25, -0.2) is 9.37 Å². The fourth-order valence-electron chi connectivity index (χ4n) is 2.26. The third-order valence-corrected chi connectivity index (χ3v) is 3.83. The molecular formula is C16H12BrFN2. The standard InChI is InChI=1S/C16H12BrFN2/c1-2-9-20-15-6-4-3-5-14(15)19-16(20)12-10-11(18)7-8-13(12)17/h2-8,10H,1,9H2. The zero-order valence-electron chi connectivity index (χ0n) is 10.7. The fourth-order valence-corrected chi connectivity index (χ4v) is 2.69. The van der Waals surface area contributed by atoms with Crippen molar-refractivity contribution < 1.29 is 4.39 Å². The Balaban J connectivity index is 2.32. The van der Waals surface area contributed by atoms with Crippen molar-refractivity contribution in [2.45, 2.75) is 6.54 Å². The smallest absolute Gasteiger partial charge is 0.142 e. The maximum atomic E-state index is 13.5. The number of allylic oxidation sites excluding steroid dienone is 1. The second-order valence-electron chi connectivity index (χ2n) is 4.45. The molecule has 4 heteroatoms. The first kappa shape index (κ1) is 13.1. The third kappa shape index (κ3) is 2.16. The number of para-hydroxylation sites is 2. The molecular weight excluding hydrogens is 319 g/mol. The van der Waals surface area contributed by atoms with E-state index >= 15 is 0 Å². The van der Waals surface area contributed by atoms with Gasteiger partial charge in [0, 0.05) is 16.6 Å². The van der Waals surface area contributed by atoms with Gasteiger partial charge >= 0.3 is 0 Å². The highest BCUT2D eigenvalue weighted by Gasteiger charge is 2.14. The minimum absolute atomic E-state index is 0.277. The molecule has 0 fully saturated rings. The molecule has 3 aromatic rings. The zero-order valence-corrected chi connectivity index (χ0v) is 12.3. The minimum atomic E-state index is -0.277. The van der Waals surface area contributed by atoms with Crippen LogP contribution < -0.4 is 0 Å². The van der Waals surface area contributed by atoms with Gasteiger partial charge in [0.05, 0.1) is 11.0 Å². The molecule has 0 atom stereocenters. The van der Waals surface area contributed by atoms with Crippen molar-refractivity contribution in [3.8, 4) is 11.4 Å². The highest BCUT2D eigenvalue weighted by Crippen LogP contribution is 2.31. The Morgan fingerprint density at radius 2 is 2.05 bits per heavy atom. The number of hydrogen-bond donors (Lipinski definition) is 0. The van der Waals surface area contributed by atoms with Crippen LogP contribution in [-0.4, -0.2) is 9.55 Å². The lowest BCUT2D eigenvalue weighted by Crippen LogP contribution is -1.99. The van der Waals surface area contributed by atoms with Crippen LogP contribution in [0.5, 0.6) is 0 Å². The molecule has 0 aliphatic rings. The predicted molar refractivity (Wildman–Crippen MR) is 83.0 cm³/mol. The Morgan fingerprint density at radius 3 is 2.85 bits per heavy atom. The third-order valence-electron chi connectivity index (χ3n) is 3.14. The van der Waals surface area contributed by atoms with Crippen molar-refractivity contribution >= 4 is 27.0 Å². The lowest BCUT2D eigenvalue weighted by molar-refractivity contribution is 0.627. The van der Waals surface area contributed by atoms with Gasteiger partial charge in [-0.3, -0.25) is 0 Å². The van der Waals surface area contributed by atoms with Gasteiger partial charge in [-0.1, -0.05) is 34.1 Å². The first-order valence-corrected chi connectivity index (χ1v) is 7.01. The van der Waals surface area contributed by atoms with Gasteiger partial charge in [0.15, 0.2) is 0 Å². The van der Waals surface area contributed by atoms with Crippen molar-refractivity contribution in [2.24, 2.45) is 0 Å². The van der Waals surface area contributed by atoms with Crippen LogP contribution in [-0.2, 0) is 6.54 Å². The number of aromatic nitrogens is 2. The lowest BCUT2D eigenvalue weighted by Gasteiger charge is -2.08. The average molecular weight is 331 g/mol. The van der Waals surface area contributed by atoms with E-state index in [1.165, 1.54) is 12.1 Å². The summed E-state index contributed by atoms with van der Waals surface area (Å²) < 4.78 is 16.4. The Hall–Kier alpha value is -1.94. The average Bonchev–Trinajstić information content (AvgIpc) is 2.81. The van der Waals surface area contributed by atoms with E-state index in [9.17, 15) is 4.39 Å². The van der Waals surface area contributed by atoms with Gasteiger partial charge in [0.1, 0.15) is 11.6 Å². The van der Waals surface area contributed by atoms with Crippen molar-refractivity contribution in [1.29, 1.82) is 0 Å². The molecule has 0 unspecified atom stereocenters. The van der Waals surface area contributed by atoms with Gasteiger partial charge in [0.25, 0.3) is 0 Å². The van der Waals surface area contributed by atoms with Gasteiger partial charge < -0.3 is 4.57 Å². The first-order valence-electron chi connectivity index (χ1n) is 6.22. The SMILES string of the molecule is C=CCn1c(-c2cc(F)ccc2Br)nc2ccccc21. The Morgan fingerprint density at radius 1 is 1.25 bits per heavy atom. The molecule has 0 amide bonds. The predicted octanol–water partition coefficient (Wildman–Crippen LogP) is 4.79. The van der Waals surface area contributed by atoms with E-state index in [4.69, 9.17) is 0 Å². The quantitative estimate of drug-likeness (QED) is 0.631. The summed E-state index contributed by atoms with van der Waals surface area (Å²) in [6, 6.07) is 12.5. The molecule has 3 rings (SSSR count). The highest BCUT2D eigenvalue weighted by atomic mass is 79.9. The molecule has 20 heavy (non-hydrogen) atoms. The molecule has 0 aliphatic carbocycles. The van der Waals surface area contributed by atoms with Crippen LogP contribution in [0.25, 0.3) is 22.4 Å². The Bertz CT molecular complexity index is 792. The topological polar surface area (TPSA) is 17.8 Å². The van der Waals surface area contributed by atoms with E-state index in [0.29, 0.717) is 6.54 Å². The van der Waals surface area contributed by atoms with Gasteiger partial charge in [-0.2, -0.15) is 0 Å². The second-order valence-corrected chi connectivity index (χ2v) is 5.30. The largest absolute Gasteiger partial charge is 0.320 e. The summed E-state index contributed by atoms with van der Waals surface area (Å²) in [5, 5.41) is 0. The van der Waals surface area contributed by atoms with E-state index in [2.05, 4.69) is 27.5 Å². The van der Waals surface area contributed by atoms with E-state index in [0.717, 1.165) is 26.9 Å². The van der Waals surface area contributed by atoms with E-state index < -0.39 is 0 Å². The number of nitrogens with zero attached hydrogens (tertiary/aromatic N) is 2. The fraction of sp³-hybridized carbons (Fsp3) is 0.0625. The molecule has 0 radical (unpaired) electrons. The van der Waals surface area contributed by atoms with Crippen LogP contribution in [0.4, 0.5) is 4.39 Å². The first-order chi connectivity index (χ1) is 9.70. The molecule has 0 aliphatic heterocycles. The molecule has 2 nitrogen and oxygen atoms in total. The van der Waals surface area contributed by atoms with Crippen molar-refractivity contribution in [2.75, 3.05) is 0 Å². The van der Waals surface area contributed by atoms with Crippen molar-refractivity contribution in [3.05, 3.63) is 65.4 Å². The van der Waals surface area contributed by atoms with Gasteiger partial charge in [-0.05, 0) is 30.3 Å².